The third kappa shape index (κ3) is 4.17. The summed E-state index contributed by atoms with van der Waals surface area (Å²) in [6, 6.07) is 13.0. The number of nitrogens with zero attached hydrogens (tertiary/aromatic N) is 2. The van der Waals surface area contributed by atoms with Crippen LogP contribution in [0.3, 0.4) is 0 Å². The molecule has 1 atom stereocenters. The number of carbonyl (C=O) groups is 1. The van der Waals surface area contributed by atoms with Gasteiger partial charge in [0, 0.05) is 24.5 Å². The molecule has 0 aromatic heterocycles. The smallest absolute Gasteiger partial charge is 0.267 e. The van der Waals surface area contributed by atoms with Crippen molar-refractivity contribution in [2.24, 2.45) is 0 Å². The number of carbonyl (C=O) groups excluding carboxylic acids is 1. The maximum Gasteiger partial charge on any atom is 0.267 e. The lowest BCUT2D eigenvalue weighted by Gasteiger charge is -2.34. The average Bonchev–Trinajstić information content (AvgIpc) is 3.21. The van der Waals surface area contributed by atoms with E-state index in [-0.39, 0.29) is 12.5 Å². The summed E-state index contributed by atoms with van der Waals surface area (Å²) in [6.45, 7) is 3.94. The van der Waals surface area contributed by atoms with E-state index < -0.39 is 16.1 Å². The van der Waals surface area contributed by atoms with Gasteiger partial charge in [-0.25, -0.2) is 8.42 Å². The highest BCUT2D eigenvalue weighted by molar-refractivity contribution is 7.92. The molecular formula is C21H25N3O4S. The molecule has 8 heteroatoms. The van der Waals surface area contributed by atoms with Gasteiger partial charge in [-0.05, 0) is 61.7 Å². The highest BCUT2D eigenvalue weighted by Crippen LogP contribution is 2.36. The number of fused-ring (bicyclic) bond motifs is 1. The largest absolute Gasteiger partial charge is 0.476 e. The quantitative estimate of drug-likeness (QED) is 0.831. The Hall–Kier alpha value is -2.74. The lowest BCUT2D eigenvalue weighted by molar-refractivity contribution is -0.122. The molecule has 1 N–H and O–H groups in total. The van der Waals surface area contributed by atoms with Crippen molar-refractivity contribution < 1.29 is 17.9 Å². The van der Waals surface area contributed by atoms with Crippen molar-refractivity contribution in [3.8, 4) is 5.75 Å². The lowest BCUT2D eigenvalue weighted by Crippen LogP contribution is -2.48. The van der Waals surface area contributed by atoms with E-state index >= 15 is 0 Å². The van der Waals surface area contributed by atoms with Gasteiger partial charge in [-0.1, -0.05) is 6.07 Å². The number of hydrogen-bond donors (Lipinski definition) is 1. The van der Waals surface area contributed by atoms with Gasteiger partial charge in [0.05, 0.1) is 18.5 Å². The molecule has 1 saturated heterocycles. The minimum atomic E-state index is -3.54. The van der Waals surface area contributed by atoms with Crippen LogP contribution in [0.4, 0.5) is 17.1 Å². The van der Waals surface area contributed by atoms with E-state index in [2.05, 4.69) is 10.2 Å². The molecule has 0 bridgehead atoms. The Kier molecular flexibility index (Phi) is 5.12. The van der Waals surface area contributed by atoms with Gasteiger partial charge in [0.25, 0.3) is 5.91 Å². The summed E-state index contributed by atoms with van der Waals surface area (Å²) in [6.07, 6.45) is 2.61. The summed E-state index contributed by atoms with van der Waals surface area (Å²) in [5, 5.41) is 2.84. The van der Waals surface area contributed by atoms with E-state index in [1.54, 1.807) is 12.1 Å². The summed E-state index contributed by atoms with van der Waals surface area (Å²) >= 11 is 0. The molecule has 2 aromatic rings. The van der Waals surface area contributed by atoms with E-state index in [1.165, 1.54) is 17.1 Å². The molecule has 4 rings (SSSR count). The Morgan fingerprint density at radius 3 is 2.45 bits per heavy atom. The van der Waals surface area contributed by atoms with Gasteiger partial charge in [0.1, 0.15) is 5.75 Å². The molecule has 0 spiro atoms. The number of benzene rings is 2. The maximum absolute atomic E-state index is 12.8. The molecule has 1 fully saturated rings. The normalized spacial score (nSPS) is 18.9. The molecule has 1 unspecified atom stereocenters. The van der Waals surface area contributed by atoms with Crippen LogP contribution >= 0.6 is 0 Å². The first-order valence-electron chi connectivity index (χ1n) is 9.72. The van der Waals surface area contributed by atoms with Gasteiger partial charge in [0.2, 0.25) is 10.0 Å². The maximum atomic E-state index is 12.8. The number of nitrogens with one attached hydrogen (secondary N) is 1. The predicted molar refractivity (Wildman–Crippen MR) is 114 cm³/mol. The zero-order valence-corrected chi connectivity index (χ0v) is 17.4. The number of amides is 1. The monoisotopic (exact) mass is 415 g/mol. The standard InChI is InChI=1S/C21H25N3O4S/c1-15-5-10-18-19(13-15)28-20(14-24(18)29(2,26)27)21(25)22-16-6-8-17(9-7-16)23-11-3-4-12-23/h5-10,13,20H,3-4,11-12,14H2,1-2H3,(H,22,25). The van der Waals surface area contributed by atoms with Crippen LogP contribution in [0.2, 0.25) is 0 Å². The molecule has 2 aromatic carbocycles. The number of sulfonamides is 1. The second-order valence-electron chi connectivity index (χ2n) is 7.60. The van der Waals surface area contributed by atoms with E-state index in [4.69, 9.17) is 4.74 Å². The van der Waals surface area contributed by atoms with Crippen molar-refractivity contribution in [2.45, 2.75) is 25.9 Å². The second-order valence-corrected chi connectivity index (χ2v) is 9.51. The van der Waals surface area contributed by atoms with Crippen LogP contribution in [-0.2, 0) is 14.8 Å². The lowest BCUT2D eigenvalue weighted by atomic mass is 10.1. The molecular weight excluding hydrogens is 390 g/mol. The molecule has 7 nitrogen and oxygen atoms in total. The number of hydrogen-bond acceptors (Lipinski definition) is 5. The Labute approximate surface area is 171 Å². The van der Waals surface area contributed by atoms with Crippen molar-refractivity contribution in [1.29, 1.82) is 0 Å². The van der Waals surface area contributed by atoms with E-state index in [1.807, 2.05) is 37.3 Å². The van der Waals surface area contributed by atoms with Crippen molar-refractivity contribution in [3.05, 3.63) is 48.0 Å². The zero-order valence-electron chi connectivity index (χ0n) is 16.6. The molecule has 0 saturated carbocycles. The first kappa shape index (κ1) is 19.6. The molecule has 29 heavy (non-hydrogen) atoms. The molecule has 154 valence electrons. The van der Waals surface area contributed by atoms with Crippen molar-refractivity contribution in [2.75, 3.05) is 40.4 Å². The molecule has 2 heterocycles. The Morgan fingerprint density at radius 1 is 1.10 bits per heavy atom. The fraction of sp³-hybridized carbons (Fsp3) is 0.381. The SMILES string of the molecule is Cc1ccc2c(c1)OC(C(=O)Nc1ccc(N3CCCC3)cc1)CN2S(C)(=O)=O. The van der Waals surface area contributed by atoms with Crippen LogP contribution in [0, 0.1) is 6.92 Å². The van der Waals surface area contributed by atoms with Crippen LogP contribution in [0.25, 0.3) is 0 Å². The van der Waals surface area contributed by atoms with Crippen molar-refractivity contribution in [1.82, 2.24) is 0 Å². The summed E-state index contributed by atoms with van der Waals surface area (Å²) in [5.74, 6) is 0.0194. The number of rotatable bonds is 4. The van der Waals surface area contributed by atoms with Crippen molar-refractivity contribution in [3.63, 3.8) is 0 Å². The molecule has 2 aliphatic rings. The molecule has 0 aliphatic carbocycles. The Morgan fingerprint density at radius 2 is 1.79 bits per heavy atom. The van der Waals surface area contributed by atoms with Crippen LogP contribution < -0.4 is 19.3 Å². The summed E-state index contributed by atoms with van der Waals surface area (Å²) in [7, 11) is -3.54. The summed E-state index contributed by atoms with van der Waals surface area (Å²) in [5.41, 5.74) is 3.18. The van der Waals surface area contributed by atoms with E-state index in [9.17, 15) is 13.2 Å². The van der Waals surface area contributed by atoms with Gasteiger partial charge in [0.15, 0.2) is 6.10 Å². The topological polar surface area (TPSA) is 79.0 Å². The van der Waals surface area contributed by atoms with E-state index in [0.717, 1.165) is 30.6 Å². The molecule has 1 amide bonds. The molecule has 0 radical (unpaired) electrons. The van der Waals surface area contributed by atoms with E-state index in [0.29, 0.717) is 17.1 Å². The Balaban J connectivity index is 1.51. The minimum Gasteiger partial charge on any atom is -0.476 e. The average molecular weight is 416 g/mol. The van der Waals surface area contributed by atoms with Crippen LogP contribution in [0.1, 0.15) is 18.4 Å². The third-order valence-corrected chi connectivity index (χ3v) is 6.43. The van der Waals surface area contributed by atoms with Crippen molar-refractivity contribution >= 4 is 33.0 Å². The fourth-order valence-electron chi connectivity index (χ4n) is 3.77. The van der Waals surface area contributed by atoms with Crippen LogP contribution in [-0.4, -0.2) is 46.3 Å². The van der Waals surface area contributed by atoms with Gasteiger partial charge in [-0.15, -0.1) is 0 Å². The predicted octanol–water partition coefficient (Wildman–Crippen LogP) is 2.76. The first-order valence-corrected chi connectivity index (χ1v) is 11.6. The van der Waals surface area contributed by atoms with Gasteiger partial charge < -0.3 is 15.0 Å². The zero-order chi connectivity index (χ0) is 20.6. The number of ether oxygens (including phenoxy) is 1. The number of anilines is 3. The third-order valence-electron chi connectivity index (χ3n) is 5.28. The van der Waals surface area contributed by atoms with Gasteiger partial charge >= 0.3 is 0 Å². The Bertz CT molecular complexity index is 1010. The van der Waals surface area contributed by atoms with Gasteiger partial charge in [-0.2, -0.15) is 0 Å². The number of aryl methyl sites for hydroxylation is 1. The van der Waals surface area contributed by atoms with Crippen LogP contribution in [0.5, 0.6) is 5.75 Å². The summed E-state index contributed by atoms with van der Waals surface area (Å²) in [4.78, 5) is 15.1. The minimum absolute atomic E-state index is 0.0629. The summed E-state index contributed by atoms with van der Waals surface area (Å²) < 4.78 is 31.6. The van der Waals surface area contributed by atoms with Gasteiger partial charge in [-0.3, -0.25) is 9.10 Å². The molecule has 2 aliphatic heterocycles. The highest BCUT2D eigenvalue weighted by atomic mass is 32.2. The first-order chi connectivity index (χ1) is 13.8. The highest BCUT2D eigenvalue weighted by Gasteiger charge is 2.35. The second kappa shape index (κ2) is 7.59. The van der Waals surface area contributed by atoms with Crippen LogP contribution in [0.15, 0.2) is 42.5 Å². The fourth-order valence-corrected chi connectivity index (χ4v) is 4.68.